The number of rotatable bonds is 3. The minimum absolute atomic E-state index is 0.0810. The number of aryl methyl sites for hydroxylation is 1. The highest BCUT2D eigenvalue weighted by Crippen LogP contribution is 2.30. The van der Waals surface area contributed by atoms with Crippen LogP contribution in [0.3, 0.4) is 0 Å². The molecule has 112 valence electrons. The number of hydrogen-bond acceptors (Lipinski definition) is 5. The fourth-order valence-corrected chi connectivity index (χ4v) is 3.10. The molecule has 0 aliphatic carbocycles. The van der Waals surface area contributed by atoms with Crippen molar-refractivity contribution in [3.63, 3.8) is 0 Å². The van der Waals surface area contributed by atoms with Crippen LogP contribution in [0.15, 0.2) is 59.4 Å². The van der Waals surface area contributed by atoms with Crippen LogP contribution in [0.2, 0.25) is 0 Å². The lowest BCUT2D eigenvalue weighted by Crippen LogP contribution is -2.12. The smallest absolute Gasteiger partial charge is 0.291 e. The molecular weight excluding hydrogens is 306 g/mol. The van der Waals surface area contributed by atoms with E-state index in [1.807, 2.05) is 67.6 Å². The van der Waals surface area contributed by atoms with Crippen LogP contribution in [0.25, 0.3) is 10.4 Å². The van der Waals surface area contributed by atoms with Crippen molar-refractivity contribution < 1.29 is 0 Å². The van der Waals surface area contributed by atoms with Gasteiger partial charge in [0.1, 0.15) is 11.6 Å². The van der Waals surface area contributed by atoms with E-state index in [1.54, 1.807) is 0 Å². The van der Waals surface area contributed by atoms with E-state index in [-0.39, 0.29) is 5.56 Å². The average Bonchev–Trinajstić information content (AvgIpc) is 2.56. The van der Waals surface area contributed by atoms with E-state index in [9.17, 15) is 10.1 Å². The Morgan fingerprint density at radius 3 is 2.43 bits per heavy atom. The highest BCUT2D eigenvalue weighted by atomic mass is 32.1. The minimum Gasteiger partial charge on any atom is -0.331 e. The van der Waals surface area contributed by atoms with Crippen LogP contribution >= 0.6 is 11.3 Å². The van der Waals surface area contributed by atoms with Gasteiger partial charge in [0.05, 0.1) is 4.88 Å². The number of aromatic nitrogens is 1. The molecule has 0 aliphatic rings. The van der Waals surface area contributed by atoms with Crippen LogP contribution in [-0.2, 0) is 0 Å². The first-order valence-corrected chi connectivity index (χ1v) is 7.83. The van der Waals surface area contributed by atoms with Crippen LogP contribution in [-0.4, -0.2) is 4.98 Å². The Hall–Kier alpha value is -2.97. The van der Waals surface area contributed by atoms with Gasteiger partial charge in [-0.1, -0.05) is 59.4 Å². The van der Waals surface area contributed by atoms with E-state index in [2.05, 4.69) is 10.3 Å². The van der Waals surface area contributed by atoms with Gasteiger partial charge in [-0.25, -0.2) is 0 Å². The molecule has 5 heteroatoms. The van der Waals surface area contributed by atoms with Gasteiger partial charge in [-0.3, -0.25) is 4.79 Å². The van der Waals surface area contributed by atoms with Crippen LogP contribution in [0.1, 0.15) is 11.1 Å². The van der Waals surface area contributed by atoms with Gasteiger partial charge in [0.15, 0.2) is 5.13 Å². The lowest BCUT2D eigenvalue weighted by atomic mass is 10.1. The number of nitrogens with one attached hydrogen (secondary N) is 1. The van der Waals surface area contributed by atoms with Gasteiger partial charge in [0.25, 0.3) is 5.56 Å². The second-order valence-electron chi connectivity index (χ2n) is 5.00. The molecule has 1 heterocycles. The maximum Gasteiger partial charge on any atom is 0.291 e. The summed E-state index contributed by atoms with van der Waals surface area (Å²) in [5, 5.41) is 12.9. The third-order valence-corrected chi connectivity index (χ3v) is 4.32. The van der Waals surface area contributed by atoms with Crippen molar-refractivity contribution >= 4 is 22.2 Å². The lowest BCUT2D eigenvalue weighted by molar-refractivity contribution is 1.25. The van der Waals surface area contributed by atoms with E-state index >= 15 is 0 Å². The van der Waals surface area contributed by atoms with Crippen LogP contribution in [0.4, 0.5) is 10.8 Å². The molecule has 3 rings (SSSR count). The number of benzene rings is 2. The molecule has 0 aliphatic heterocycles. The summed E-state index contributed by atoms with van der Waals surface area (Å²) < 4.78 is 0. The van der Waals surface area contributed by atoms with E-state index in [4.69, 9.17) is 0 Å². The Kier molecular flexibility index (Phi) is 4.18. The van der Waals surface area contributed by atoms with Gasteiger partial charge in [0.2, 0.25) is 0 Å². The molecule has 0 fully saturated rings. The Bertz CT molecular complexity index is 925. The van der Waals surface area contributed by atoms with E-state index in [1.165, 1.54) is 11.3 Å². The van der Waals surface area contributed by atoms with Crippen LogP contribution < -0.4 is 10.9 Å². The summed E-state index contributed by atoms with van der Waals surface area (Å²) in [6.07, 6.45) is 0. The molecule has 0 atom stereocenters. The summed E-state index contributed by atoms with van der Waals surface area (Å²) in [7, 11) is 0. The number of para-hydroxylation sites is 1. The predicted octanol–water partition coefficient (Wildman–Crippen LogP) is 4.09. The standard InChI is InChI=1S/C18H13N3OS/c1-12-7-9-13(10-8-12)16-15(11-19)17(22)21-18(23-16)20-14-5-3-2-4-6-14/h2-10H,1H3,(H,20,21,22). The molecule has 23 heavy (non-hydrogen) atoms. The van der Waals surface area contributed by atoms with Crippen molar-refractivity contribution in [3.05, 3.63) is 76.1 Å². The van der Waals surface area contributed by atoms with Crippen molar-refractivity contribution in [2.75, 3.05) is 5.32 Å². The molecule has 2 aromatic carbocycles. The van der Waals surface area contributed by atoms with Crippen LogP contribution in [0, 0.1) is 18.3 Å². The molecule has 0 amide bonds. The zero-order chi connectivity index (χ0) is 16.2. The number of nitrogens with zero attached hydrogens (tertiary/aromatic N) is 2. The van der Waals surface area contributed by atoms with E-state index < -0.39 is 5.56 Å². The minimum atomic E-state index is -0.514. The zero-order valence-corrected chi connectivity index (χ0v) is 13.2. The molecule has 0 bridgehead atoms. The third kappa shape index (κ3) is 3.28. The monoisotopic (exact) mass is 319 g/mol. The van der Waals surface area contributed by atoms with Crippen molar-refractivity contribution in [2.45, 2.75) is 6.92 Å². The Labute approximate surface area is 137 Å². The van der Waals surface area contributed by atoms with E-state index in [0.717, 1.165) is 16.8 Å². The molecule has 0 radical (unpaired) electrons. The van der Waals surface area contributed by atoms with Crippen molar-refractivity contribution in [1.29, 1.82) is 5.26 Å². The van der Waals surface area contributed by atoms with Crippen molar-refractivity contribution in [3.8, 4) is 16.5 Å². The SMILES string of the molecule is Cc1ccc(-c2sc(Nc3ccccc3)nc(=O)c2C#N)cc1. The highest BCUT2D eigenvalue weighted by Gasteiger charge is 2.13. The normalized spacial score (nSPS) is 10.1. The fourth-order valence-electron chi connectivity index (χ4n) is 2.12. The molecule has 1 N–H and O–H groups in total. The summed E-state index contributed by atoms with van der Waals surface area (Å²) in [5.41, 5.74) is 2.37. The number of nitriles is 1. The van der Waals surface area contributed by atoms with Gasteiger partial charge in [-0.15, -0.1) is 0 Å². The third-order valence-electron chi connectivity index (χ3n) is 3.29. The first-order chi connectivity index (χ1) is 11.2. The second-order valence-corrected chi connectivity index (χ2v) is 6.00. The molecule has 0 saturated heterocycles. The first kappa shape index (κ1) is 14.9. The first-order valence-electron chi connectivity index (χ1n) is 7.02. The molecule has 1 aromatic heterocycles. The maximum absolute atomic E-state index is 12.2. The van der Waals surface area contributed by atoms with E-state index in [0.29, 0.717) is 10.0 Å². The summed E-state index contributed by atoms with van der Waals surface area (Å²) in [4.78, 5) is 16.8. The fraction of sp³-hybridized carbons (Fsp3) is 0.0556. The topological polar surface area (TPSA) is 65.8 Å². The average molecular weight is 319 g/mol. The Morgan fingerprint density at radius 1 is 1.09 bits per heavy atom. The highest BCUT2D eigenvalue weighted by molar-refractivity contribution is 7.18. The van der Waals surface area contributed by atoms with Gasteiger partial charge in [0, 0.05) is 5.69 Å². The van der Waals surface area contributed by atoms with Crippen molar-refractivity contribution in [2.24, 2.45) is 0 Å². The summed E-state index contributed by atoms with van der Waals surface area (Å²) >= 11 is 1.30. The van der Waals surface area contributed by atoms with Crippen LogP contribution in [0.5, 0.6) is 0 Å². The number of hydrogen-bond donors (Lipinski definition) is 1. The molecule has 0 saturated carbocycles. The van der Waals surface area contributed by atoms with Gasteiger partial charge < -0.3 is 5.32 Å². The molecule has 0 unspecified atom stereocenters. The Morgan fingerprint density at radius 2 is 1.78 bits per heavy atom. The predicted molar refractivity (Wildman–Crippen MR) is 93.0 cm³/mol. The quantitative estimate of drug-likeness (QED) is 0.789. The van der Waals surface area contributed by atoms with Crippen molar-refractivity contribution in [1.82, 2.24) is 4.98 Å². The molecule has 3 aromatic rings. The lowest BCUT2D eigenvalue weighted by Gasteiger charge is -2.08. The Balaban J connectivity index is 2.09. The largest absolute Gasteiger partial charge is 0.331 e. The summed E-state index contributed by atoms with van der Waals surface area (Å²) in [5.74, 6) is 0. The molecular formula is C18H13N3OS. The maximum atomic E-state index is 12.2. The van der Waals surface area contributed by atoms with Gasteiger partial charge in [-0.2, -0.15) is 10.2 Å². The van der Waals surface area contributed by atoms with Gasteiger partial charge >= 0.3 is 0 Å². The zero-order valence-electron chi connectivity index (χ0n) is 12.4. The summed E-state index contributed by atoms with van der Waals surface area (Å²) in [6.45, 7) is 1.99. The van der Waals surface area contributed by atoms with Gasteiger partial charge in [-0.05, 0) is 24.6 Å². The number of anilines is 2. The second kappa shape index (κ2) is 6.42. The molecule has 0 spiro atoms. The summed E-state index contributed by atoms with van der Waals surface area (Å²) in [6, 6.07) is 19.2. The molecule has 4 nitrogen and oxygen atoms in total.